The van der Waals surface area contributed by atoms with E-state index in [1.54, 1.807) is 4.57 Å². The Labute approximate surface area is 127 Å². The van der Waals surface area contributed by atoms with Gasteiger partial charge >= 0.3 is 0 Å². The molecular weight excluding hydrogens is 288 g/mol. The van der Waals surface area contributed by atoms with E-state index in [1.165, 1.54) is 7.11 Å². The third kappa shape index (κ3) is 2.17. The van der Waals surface area contributed by atoms with Gasteiger partial charge in [0.1, 0.15) is 18.3 Å². The first-order valence-electron chi connectivity index (χ1n) is 7.13. The van der Waals surface area contributed by atoms with Gasteiger partial charge < -0.3 is 24.8 Å². The van der Waals surface area contributed by atoms with Crippen LogP contribution in [0, 0.1) is 13.8 Å². The van der Waals surface area contributed by atoms with Crippen molar-refractivity contribution >= 4 is 11.0 Å². The average Bonchev–Trinajstić information content (AvgIpc) is 2.98. The fourth-order valence-electron chi connectivity index (χ4n) is 2.81. The number of aromatic nitrogens is 2. The molecule has 0 unspecified atom stereocenters. The SMILES string of the molecule is COc1nc2cc(C)c(C)cc2n1[C@@H]1O[C@H](CO)[C@@H](O)[C@H]1O. The Balaban J connectivity index is 2.15. The topological polar surface area (TPSA) is 97.0 Å². The number of fused-ring (bicyclic) bond motifs is 1. The lowest BCUT2D eigenvalue weighted by Gasteiger charge is -2.19. The highest BCUT2D eigenvalue weighted by molar-refractivity contribution is 5.79. The maximum atomic E-state index is 10.2. The van der Waals surface area contributed by atoms with Gasteiger partial charge in [-0.1, -0.05) is 0 Å². The second-order valence-corrected chi connectivity index (χ2v) is 5.62. The Morgan fingerprint density at radius 2 is 1.91 bits per heavy atom. The number of aliphatic hydroxyl groups is 3. The molecule has 1 aromatic heterocycles. The molecule has 0 bridgehead atoms. The number of aryl methyl sites for hydroxylation is 2. The zero-order valence-corrected chi connectivity index (χ0v) is 12.7. The van der Waals surface area contributed by atoms with Crippen molar-refractivity contribution in [3.63, 3.8) is 0 Å². The number of hydrogen-bond acceptors (Lipinski definition) is 6. The molecule has 1 aliphatic heterocycles. The minimum atomic E-state index is -1.18. The van der Waals surface area contributed by atoms with E-state index in [0.717, 1.165) is 22.2 Å². The van der Waals surface area contributed by atoms with Crippen molar-refractivity contribution in [1.29, 1.82) is 0 Å². The number of rotatable bonds is 3. The minimum Gasteiger partial charge on any atom is -0.468 e. The molecule has 2 aromatic rings. The largest absolute Gasteiger partial charge is 0.468 e. The summed E-state index contributed by atoms with van der Waals surface area (Å²) in [6, 6.07) is 4.16. The second-order valence-electron chi connectivity index (χ2n) is 5.62. The van der Waals surface area contributed by atoms with Gasteiger partial charge in [0.15, 0.2) is 6.23 Å². The number of methoxy groups -OCH3 is 1. The molecule has 0 spiro atoms. The van der Waals surface area contributed by atoms with Crippen LogP contribution in [0.2, 0.25) is 0 Å². The molecule has 0 amide bonds. The van der Waals surface area contributed by atoms with Gasteiger partial charge in [-0.2, -0.15) is 4.98 Å². The third-order valence-electron chi connectivity index (χ3n) is 4.23. The van der Waals surface area contributed by atoms with Gasteiger partial charge in [-0.15, -0.1) is 0 Å². The van der Waals surface area contributed by atoms with E-state index in [4.69, 9.17) is 9.47 Å². The van der Waals surface area contributed by atoms with Crippen LogP contribution in [0.1, 0.15) is 17.4 Å². The van der Waals surface area contributed by atoms with Gasteiger partial charge in [0, 0.05) is 0 Å². The zero-order valence-electron chi connectivity index (χ0n) is 12.7. The molecule has 4 atom stereocenters. The number of benzene rings is 1. The Bertz CT molecular complexity index is 699. The van der Waals surface area contributed by atoms with Crippen LogP contribution < -0.4 is 4.74 Å². The maximum absolute atomic E-state index is 10.2. The van der Waals surface area contributed by atoms with E-state index in [0.29, 0.717) is 0 Å². The summed E-state index contributed by atoms with van der Waals surface area (Å²) in [5.41, 5.74) is 3.64. The van der Waals surface area contributed by atoms with Crippen LogP contribution >= 0.6 is 0 Å². The van der Waals surface area contributed by atoms with Crippen molar-refractivity contribution in [3.05, 3.63) is 23.3 Å². The minimum absolute atomic E-state index is 0.287. The molecule has 1 aliphatic rings. The molecular formula is C15H20N2O5. The molecule has 120 valence electrons. The lowest BCUT2D eigenvalue weighted by Crippen LogP contribution is -2.33. The number of imidazole rings is 1. The fraction of sp³-hybridized carbons (Fsp3) is 0.533. The highest BCUT2D eigenvalue weighted by Gasteiger charge is 2.44. The molecule has 2 heterocycles. The summed E-state index contributed by atoms with van der Waals surface area (Å²) in [5.74, 6) is 0. The van der Waals surface area contributed by atoms with Crippen LogP contribution in [0.4, 0.5) is 0 Å². The summed E-state index contributed by atoms with van der Waals surface area (Å²) < 4.78 is 12.5. The predicted octanol–water partition coefficient (Wildman–Crippen LogP) is 0.273. The van der Waals surface area contributed by atoms with E-state index in [1.807, 2.05) is 26.0 Å². The molecule has 1 aromatic carbocycles. The van der Waals surface area contributed by atoms with Crippen LogP contribution in [0.3, 0.4) is 0 Å². The average molecular weight is 308 g/mol. The van der Waals surface area contributed by atoms with Crippen molar-refractivity contribution in [2.45, 2.75) is 38.4 Å². The molecule has 3 rings (SSSR count). The van der Waals surface area contributed by atoms with Gasteiger partial charge in [0.25, 0.3) is 6.01 Å². The molecule has 7 nitrogen and oxygen atoms in total. The van der Waals surface area contributed by atoms with Gasteiger partial charge in [-0.3, -0.25) is 4.57 Å². The van der Waals surface area contributed by atoms with Gasteiger partial charge in [-0.05, 0) is 37.1 Å². The summed E-state index contributed by atoms with van der Waals surface area (Å²) in [4.78, 5) is 4.39. The quantitative estimate of drug-likeness (QED) is 0.753. The van der Waals surface area contributed by atoms with E-state index in [9.17, 15) is 15.3 Å². The zero-order chi connectivity index (χ0) is 16.0. The molecule has 22 heavy (non-hydrogen) atoms. The lowest BCUT2D eigenvalue weighted by atomic mass is 10.1. The van der Waals surface area contributed by atoms with Crippen LogP contribution in [-0.4, -0.2) is 56.9 Å². The molecule has 0 aliphatic carbocycles. The van der Waals surface area contributed by atoms with Crippen molar-refractivity contribution in [3.8, 4) is 6.01 Å². The van der Waals surface area contributed by atoms with E-state index in [-0.39, 0.29) is 12.6 Å². The second kappa shape index (κ2) is 5.51. The first-order chi connectivity index (χ1) is 10.5. The monoisotopic (exact) mass is 308 g/mol. The Kier molecular flexibility index (Phi) is 3.82. The molecule has 0 radical (unpaired) electrons. The highest BCUT2D eigenvalue weighted by Crippen LogP contribution is 2.36. The summed E-state index contributed by atoms with van der Waals surface area (Å²) in [5, 5.41) is 29.4. The van der Waals surface area contributed by atoms with Crippen molar-refractivity contribution in [1.82, 2.24) is 9.55 Å². The number of aliphatic hydroxyl groups excluding tert-OH is 3. The van der Waals surface area contributed by atoms with Crippen molar-refractivity contribution in [2.75, 3.05) is 13.7 Å². The molecule has 1 saturated heterocycles. The summed E-state index contributed by atoms with van der Waals surface area (Å²) in [6.45, 7) is 3.60. The van der Waals surface area contributed by atoms with Crippen LogP contribution in [0.15, 0.2) is 12.1 Å². The summed E-state index contributed by atoms with van der Waals surface area (Å²) >= 11 is 0. The normalized spacial score (nSPS) is 28.5. The summed E-state index contributed by atoms with van der Waals surface area (Å²) in [6.07, 6.45) is -4.04. The third-order valence-corrected chi connectivity index (χ3v) is 4.23. The molecule has 3 N–H and O–H groups in total. The Morgan fingerprint density at radius 1 is 1.23 bits per heavy atom. The van der Waals surface area contributed by atoms with E-state index in [2.05, 4.69) is 4.98 Å². The Hall–Kier alpha value is -1.67. The number of hydrogen-bond donors (Lipinski definition) is 3. The van der Waals surface area contributed by atoms with Crippen molar-refractivity contribution < 1.29 is 24.8 Å². The molecule has 7 heteroatoms. The summed E-state index contributed by atoms with van der Waals surface area (Å²) in [7, 11) is 1.48. The fourth-order valence-corrected chi connectivity index (χ4v) is 2.81. The highest BCUT2D eigenvalue weighted by atomic mass is 16.6. The molecule has 1 fully saturated rings. The standard InChI is InChI=1S/C15H20N2O5/c1-7-4-9-10(5-8(7)2)17(15(16-9)21-3)14-13(20)12(19)11(6-18)22-14/h4-5,11-14,18-20H,6H2,1-3H3/t11-,12-,13-,14-/m1/s1. The van der Waals surface area contributed by atoms with Crippen molar-refractivity contribution in [2.24, 2.45) is 0 Å². The first-order valence-corrected chi connectivity index (χ1v) is 7.13. The maximum Gasteiger partial charge on any atom is 0.299 e. The van der Waals surface area contributed by atoms with Crippen LogP contribution in [-0.2, 0) is 4.74 Å². The van der Waals surface area contributed by atoms with E-state index < -0.39 is 24.5 Å². The number of nitrogens with zero attached hydrogens (tertiary/aromatic N) is 2. The first kappa shape index (κ1) is 15.2. The molecule has 0 saturated carbocycles. The number of ether oxygens (including phenoxy) is 2. The lowest BCUT2D eigenvalue weighted by molar-refractivity contribution is -0.0535. The van der Waals surface area contributed by atoms with Gasteiger partial charge in [0.05, 0.1) is 24.8 Å². The smallest absolute Gasteiger partial charge is 0.299 e. The predicted molar refractivity (Wildman–Crippen MR) is 78.8 cm³/mol. The van der Waals surface area contributed by atoms with Gasteiger partial charge in [-0.25, -0.2) is 0 Å². The Morgan fingerprint density at radius 3 is 2.50 bits per heavy atom. The van der Waals surface area contributed by atoms with Crippen LogP contribution in [0.5, 0.6) is 6.01 Å². The van der Waals surface area contributed by atoms with Crippen LogP contribution in [0.25, 0.3) is 11.0 Å². The van der Waals surface area contributed by atoms with Gasteiger partial charge in [0.2, 0.25) is 0 Å². The van der Waals surface area contributed by atoms with E-state index >= 15 is 0 Å².